The first kappa shape index (κ1) is 16.3. The Bertz CT molecular complexity index is 904. The quantitative estimate of drug-likeness (QED) is 0.393. The van der Waals surface area contributed by atoms with Crippen LogP contribution in [0.4, 0.5) is 0 Å². The molecule has 0 bridgehead atoms. The lowest BCUT2D eigenvalue weighted by Gasteiger charge is -2.22. The molecule has 0 radical (unpaired) electrons. The third-order valence-electron chi connectivity index (χ3n) is 4.60. The van der Waals surface area contributed by atoms with Crippen LogP contribution in [0.3, 0.4) is 0 Å². The Balaban J connectivity index is 1.63. The molecular weight excluding hydrogens is 324 g/mol. The molecule has 1 aliphatic rings. The highest BCUT2D eigenvalue weighted by Crippen LogP contribution is 2.42. The van der Waals surface area contributed by atoms with Crippen molar-refractivity contribution in [3.63, 3.8) is 0 Å². The van der Waals surface area contributed by atoms with Gasteiger partial charge in [-0.3, -0.25) is 0 Å². The average molecular weight is 346 g/mol. The molecule has 25 heavy (non-hydrogen) atoms. The van der Waals surface area contributed by atoms with Crippen molar-refractivity contribution in [3.05, 3.63) is 83.4 Å². The van der Waals surface area contributed by atoms with Crippen molar-refractivity contribution in [2.24, 2.45) is 0 Å². The minimum atomic E-state index is 0.187. The summed E-state index contributed by atoms with van der Waals surface area (Å²) in [5, 5.41) is 0. The Labute approximate surface area is 154 Å². The van der Waals surface area contributed by atoms with E-state index in [1.807, 2.05) is 23.9 Å². The van der Waals surface area contributed by atoms with Gasteiger partial charge in [-0.2, -0.15) is 0 Å². The van der Waals surface area contributed by atoms with Crippen molar-refractivity contribution >= 4 is 11.8 Å². The number of hydrogen-bond donors (Lipinski definition) is 0. The Morgan fingerprint density at radius 2 is 1.52 bits per heavy atom. The first-order valence-corrected chi connectivity index (χ1v) is 9.48. The Kier molecular flexibility index (Phi) is 4.09. The van der Waals surface area contributed by atoms with Gasteiger partial charge in [0.1, 0.15) is 11.5 Å². The van der Waals surface area contributed by atoms with Crippen LogP contribution in [0.15, 0.2) is 76.5 Å². The molecule has 3 aromatic rings. The molecule has 0 atom stereocenters. The van der Waals surface area contributed by atoms with Crippen LogP contribution in [0, 0.1) is 0 Å². The van der Waals surface area contributed by atoms with Gasteiger partial charge < -0.3 is 4.74 Å². The van der Waals surface area contributed by atoms with E-state index in [1.165, 1.54) is 26.5 Å². The predicted octanol–water partition coefficient (Wildman–Crippen LogP) is 6.83. The van der Waals surface area contributed by atoms with E-state index < -0.39 is 0 Å². The van der Waals surface area contributed by atoms with Gasteiger partial charge in [0.2, 0.25) is 0 Å². The average Bonchev–Trinajstić information content (AvgIpc) is 2.60. The summed E-state index contributed by atoms with van der Waals surface area (Å²) < 4.78 is 6.11. The SMILES string of the molecule is CC(C)(C)c1ccc(Sc2cccc3c2Cc2ccccc2O3)cc1. The van der Waals surface area contributed by atoms with E-state index >= 15 is 0 Å². The molecule has 1 heterocycles. The molecular formula is C23H22OS. The zero-order valence-electron chi connectivity index (χ0n) is 14.9. The largest absolute Gasteiger partial charge is 0.457 e. The molecule has 0 saturated carbocycles. The molecule has 4 rings (SSSR count). The lowest BCUT2D eigenvalue weighted by molar-refractivity contribution is 0.457. The lowest BCUT2D eigenvalue weighted by Crippen LogP contribution is -2.10. The van der Waals surface area contributed by atoms with Gasteiger partial charge in [-0.15, -0.1) is 0 Å². The number of benzene rings is 3. The summed E-state index contributed by atoms with van der Waals surface area (Å²) in [6.45, 7) is 6.74. The van der Waals surface area contributed by atoms with E-state index in [-0.39, 0.29) is 5.41 Å². The van der Waals surface area contributed by atoms with Crippen molar-refractivity contribution in [2.75, 3.05) is 0 Å². The molecule has 3 aromatic carbocycles. The second-order valence-electron chi connectivity index (χ2n) is 7.50. The molecule has 0 spiro atoms. The van der Waals surface area contributed by atoms with Gasteiger partial charge in [0.25, 0.3) is 0 Å². The zero-order chi connectivity index (χ0) is 17.4. The lowest BCUT2D eigenvalue weighted by atomic mass is 9.87. The van der Waals surface area contributed by atoms with Gasteiger partial charge in [-0.1, -0.05) is 68.9 Å². The van der Waals surface area contributed by atoms with Gasteiger partial charge in [0.15, 0.2) is 0 Å². The van der Waals surface area contributed by atoms with Gasteiger partial charge >= 0.3 is 0 Å². The minimum Gasteiger partial charge on any atom is -0.457 e. The van der Waals surface area contributed by atoms with E-state index in [9.17, 15) is 0 Å². The van der Waals surface area contributed by atoms with E-state index in [4.69, 9.17) is 4.74 Å². The highest BCUT2D eigenvalue weighted by atomic mass is 32.2. The molecule has 126 valence electrons. The molecule has 0 fully saturated rings. The van der Waals surface area contributed by atoms with Crippen LogP contribution in [-0.4, -0.2) is 0 Å². The topological polar surface area (TPSA) is 9.23 Å². The molecule has 0 N–H and O–H groups in total. The van der Waals surface area contributed by atoms with Crippen LogP contribution >= 0.6 is 11.8 Å². The summed E-state index contributed by atoms with van der Waals surface area (Å²) in [7, 11) is 0. The second kappa shape index (κ2) is 6.27. The molecule has 2 heteroatoms. The van der Waals surface area contributed by atoms with Gasteiger partial charge in [0.05, 0.1) is 0 Å². The molecule has 0 unspecified atom stereocenters. The summed E-state index contributed by atoms with van der Waals surface area (Å²) >= 11 is 1.82. The van der Waals surface area contributed by atoms with Gasteiger partial charge in [-0.05, 0) is 46.9 Å². The van der Waals surface area contributed by atoms with Crippen LogP contribution in [0.25, 0.3) is 0 Å². The first-order chi connectivity index (χ1) is 12.0. The van der Waals surface area contributed by atoms with Gasteiger partial charge in [0, 0.05) is 21.8 Å². The van der Waals surface area contributed by atoms with Gasteiger partial charge in [-0.25, -0.2) is 0 Å². The maximum Gasteiger partial charge on any atom is 0.132 e. The van der Waals surface area contributed by atoms with Crippen LogP contribution in [0.1, 0.15) is 37.5 Å². The molecule has 0 aliphatic carbocycles. The summed E-state index contributed by atoms with van der Waals surface area (Å²) in [6.07, 6.45) is 0.925. The number of ether oxygens (including phenoxy) is 1. The number of rotatable bonds is 2. The monoisotopic (exact) mass is 346 g/mol. The molecule has 1 nitrogen and oxygen atoms in total. The van der Waals surface area contributed by atoms with Crippen molar-refractivity contribution < 1.29 is 4.74 Å². The Morgan fingerprint density at radius 3 is 2.28 bits per heavy atom. The highest BCUT2D eigenvalue weighted by Gasteiger charge is 2.20. The first-order valence-electron chi connectivity index (χ1n) is 8.67. The summed E-state index contributed by atoms with van der Waals surface area (Å²) in [4.78, 5) is 2.54. The molecule has 0 amide bonds. The fourth-order valence-electron chi connectivity index (χ4n) is 3.12. The second-order valence-corrected chi connectivity index (χ2v) is 8.61. The summed E-state index contributed by atoms with van der Waals surface area (Å²) in [6, 6.07) is 23.6. The van der Waals surface area contributed by atoms with Crippen molar-refractivity contribution in [1.29, 1.82) is 0 Å². The van der Waals surface area contributed by atoms with Crippen molar-refractivity contribution in [1.82, 2.24) is 0 Å². The normalized spacial score (nSPS) is 12.9. The third-order valence-corrected chi connectivity index (χ3v) is 5.71. The predicted molar refractivity (Wildman–Crippen MR) is 105 cm³/mol. The van der Waals surface area contributed by atoms with E-state index in [0.717, 1.165) is 17.9 Å². The Hall–Kier alpha value is -2.19. The van der Waals surface area contributed by atoms with E-state index in [2.05, 4.69) is 75.4 Å². The van der Waals surface area contributed by atoms with Crippen molar-refractivity contribution in [2.45, 2.75) is 42.4 Å². The fraction of sp³-hybridized carbons (Fsp3) is 0.217. The molecule has 1 aliphatic heterocycles. The zero-order valence-corrected chi connectivity index (χ0v) is 15.7. The number of para-hydroxylation sites is 1. The van der Waals surface area contributed by atoms with Crippen LogP contribution in [-0.2, 0) is 11.8 Å². The molecule has 0 aromatic heterocycles. The van der Waals surface area contributed by atoms with Crippen LogP contribution in [0.5, 0.6) is 11.5 Å². The fourth-order valence-corrected chi connectivity index (χ4v) is 4.09. The number of fused-ring (bicyclic) bond motifs is 2. The molecule has 0 saturated heterocycles. The smallest absolute Gasteiger partial charge is 0.132 e. The number of hydrogen-bond acceptors (Lipinski definition) is 2. The van der Waals surface area contributed by atoms with Crippen LogP contribution < -0.4 is 4.74 Å². The third kappa shape index (κ3) is 3.32. The van der Waals surface area contributed by atoms with Crippen LogP contribution in [0.2, 0.25) is 0 Å². The Morgan fingerprint density at radius 1 is 0.800 bits per heavy atom. The van der Waals surface area contributed by atoms with E-state index in [1.54, 1.807) is 0 Å². The highest BCUT2D eigenvalue weighted by molar-refractivity contribution is 7.99. The van der Waals surface area contributed by atoms with E-state index in [0.29, 0.717) is 0 Å². The maximum absolute atomic E-state index is 6.11. The van der Waals surface area contributed by atoms with Crippen molar-refractivity contribution in [3.8, 4) is 11.5 Å². The maximum atomic E-state index is 6.11. The minimum absolute atomic E-state index is 0.187. The summed E-state index contributed by atoms with van der Waals surface area (Å²) in [5.74, 6) is 1.96. The standard InChI is InChI=1S/C23H22OS/c1-23(2,3)17-11-13-18(14-12-17)25-22-10-6-9-21-19(22)15-16-7-4-5-8-20(16)24-21/h4-14H,15H2,1-3H3. The summed E-state index contributed by atoms with van der Waals surface area (Å²) in [5.41, 5.74) is 4.09.